The first-order valence-electron chi connectivity index (χ1n) is 8.06. The average Bonchev–Trinajstić information content (AvgIpc) is 2.48. The Bertz CT molecular complexity index is 781. The van der Waals surface area contributed by atoms with Gasteiger partial charge < -0.3 is 4.43 Å². The van der Waals surface area contributed by atoms with Crippen LogP contribution < -0.4 is 5.56 Å². The number of hydrogen-bond donors (Lipinski definition) is 0. The minimum absolute atomic E-state index is 0.110. The van der Waals surface area contributed by atoms with Crippen molar-refractivity contribution < 1.29 is 4.43 Å². The summed E-state index contributed by atoms with van der Waals surface area (Å²) in [6.07, 6.45) is 3.09. The van der Waals surface area contributed by atoms with Crippen LogP contribution in [-0.4, -0.2) is 28.1 Å². The second kappa shape index (κ2) is 6.56. The molecule has 0 saturated carbocycles. The van der Waals surface area contributed by atoms with Crippen molar-refractivity contribution in [3.63, 3.8) is 0 Å². The summed E-state index contributed by atoms with van der Waals surface area (Å²) >= 11 is 0. The van der Waals surface area contributed by atoms with Crippen molar-refractivity contribution in [3.05, 3.63) is 40.6 Å². The van der Waals surface area contributed by atoms with Gasteiger partial charge in [0.2, 0.25) is 0 Å². The van der Waals surface area contributed by atoms with E-state index in [1.807, 2.05) is 6.92 Å². The zero-order chi connectivity index (χ0) is 18.1. The van der Waals surface area contributed by atoms with Crippen molar-refractivity contribution in [3.8, 4) is 11.4 Å². The fraction of sp³-hybridized carbons (Fsp3) is 0.529. The van der Waals surface area contributed by atoms with E-state index < -0.39 is 8.32 Å². The Labute approximate surface area is 144 Å². The number of hydrogen-bond acceptors (Lipinski definition) is 5. The van der Waals surface area contributed by atoms with E-state index in [9.17, 15) is 4.79 Å². The molecule has 0 N–H and O–H groups in total. The normalized spacial score (nSPS) is 13.8. The van der Waals surface area contributed by atoms with Gasteiger partial charge in [0, 0.05) is 25.5 Å². The van der Waals surface area contributed by atoms with Crippen LogP contribution in [-0.2, 0) is 11.5 Å². The lowest BCUT2D eigenvalue weighted by molar-refractivity contribution is 0.198. The van der Waals surface area contributed by atoms with Crippen molar-refractivity contribution >= 4 is 8.32 Å². The van der Waals surface area contributed by atoms with Gasteiger partial charge in [-0.25, -0.2) is 4.68 Å². The molecule has 0 aromatic carbocycles. The Morgan fingerprint density at radius 3 is 2.38 bits per heavy atom. The van der Waals surface area contributed by atoms with E-state index in [2.05, 4.69) is 48.9 Å². The van der Waals surface area contributed by atoms with Crippen LogP contribution in [0.15, 0.2) is 29.3 Å². The molecule has 0 aliphatic heterocycles. The van der Waals surface area contributed by atoms with Gasteiger partial charge >= 0.3 is 0 Å². The second-order valence-electron chi connectivity index (χ2n) is 7.49. The maximum atomic E-state index is 11.6. The maximum absolute atomic E-state index is 11.6. The smallest absolute Gasteiger partial charge is 0.266 e. The SMILES string of the molecule is CC(O[Si](C)(C)C(C)(C)C)c1nccnc1-c1ccc(=O)n(C)n1. The summed E-state index contributed by atoms with van der Waals surface area (Å²) in [6.45, 7) is 13.0. The Hall–Kier alpha value is -1.86. The standard InChI is InChI=1S/C17H26N4O2Si/c1-12(23-24(6,7)17(2,3)4)15-16(19-11-10-18-15)13-8-9-14(22)21(5)20-13/h8-12H,1-7H3. The van der Waals surface area contributed by atoms with Gasteiger partial charge in [-0.3, -0.25) is 14.8 Å². The molecule has 0 aliphatic carbocycles. The molecule has 1 atom stereocenters. The predicted octanol–water partition coefficient (Wildman–Crippen LogP) is 3.32. The summed E-state index contributed by atoms with van der Waals surface area (Å²) in [5, 5.41) is 4.40. The van der Waals surface area contributed by atoms with Crippen LogP contribution in [0.3, 0.4) is 0 Å². The monoisotopic (exact) mass is 346 g/mol. The second-order valence-corrected chi connectivity index (χ2v) is 12.2. The summed E-state index contributed by atoms with van der Waals surface area (Å²) in [5.74, 6) is 0. The molecule has 0 saturated heterocycles. The lowest BCUT2D eigenvalue weighted by atomic mass is 10.1. The fourth-order valence-corrected chi connectivity index (χ4v) is 3.50. The summed E-state index contributed by atoms with van der Waals surface area (Å²) < 4.78 is 7.74. The van der Waals surface area contributed by atoms with Gasteiger partial charge in [-0.1, -0.05) is 20.8 Å². The lowest BCUT2D eigenvalue weighted by Gasteiger charge is -2.38. The van der Waals surface area contributed by atoms with Gasteiger partial charge in [0.1, 0.15) is 11.4 Å². The molecular weight excluding hydrogens is 320 g/mol. The van der Waals surface area contributed by atoms with E-state index >= 15 is 0 Å². The summed E-state index contributed by atoms with van der Waals surface area (Å²) in [6, 6.07) is 3.16. The number of aromatic nitrogens is 4. The Morgan fingerprint density at radius 2 is 1.79 bits per heavy atom. The van der Waals surface area contributed by atoms with E-state index in [1.54, 1.807) is 25.5 Å². The number of rotatable bonds is 4. The Balaban J connectivity index is 2.42. The molecule has 0 spiro atoms. The molecule has 0 amide bonds. The molecule has 2 heterocycles. The highest BCUT2D eigenvalue weighted by molar-refractivity contribution is 6.74. The average molecular weight is 347 g/mol. The topological polar surface area (TPSA) is 69.9 Å². The van der Waals surface area contributed by atoms with Crippen LogP contribution in [0.25, 0.3) is 11.4 Å². The highest BCUT2D eigenvalue weighted by Gasteiger charge is 2.39. The third kappa shape index (κ3) is 3.79. The van der Waals surface area contributed by atoms with Gasteiger partial charge in [-0.15, -0.1) is 0 Å². The van der Waals surface area contributed by atoms with Crippen LogP contribution in [0.5, 0.6) is 0 Å². The number of nitrogens with zero attached hydrogens (tertiary/aromatic N) is 4. The Kier molecular flexibility index (Phi) is 5.05. The van der Waals surface area contributed by atoms with Crippen LogP contribution in [0.1, 0.15) is 39.5 Å². The molecule has 0 radical (unpaired) electrons. The zero-order valence-electron chi connectivity index (χ0n) is 15.5. The van der Waals surface area contributed by atoms with E-state index in [4.69, 9.17) is 4.43 Å². The summed E-state index contributed by atoms with van der Waals surface area (Å²) in [5.41, 5.74) is 1.86. The van der Waals surface area contributed by atoms with Crippen LogP contribution >= 0.6 is 0 Å². The molecule has 0 bridgehead atoms. The minimum Gasteiger partial charge on any atom is -0.409 e. The van der Waals surface area contributed by atoms with Crippen molar-refractivity contribution in [1.82, 2.24) is 19.7 Å². The number of aryl methyl sites for hydroxylation is 1. The van der Waals surface area contributed by atoms with E-state index in [0.29, 0.717) is 11.4 Å². The molecule has 24 heavy (non-hydrogen) atoms. The molecule has 0 fully saturated rings. The molecule has 2 aromatic rings. The van der Waals surface area contributed by atoms with Crippen molar-refractivity contribution in [1.29, 1.82) is 0 Å². The largest absolute Gasteiger partial charge is 0.409 e. The summed E-state index contributed by atoms with van der Waals surface area (Å²) in [7, 11) is -0.315. The minimum atomic E-state index is -1.94. The van der Waals surface area contributed by atoms with Crippen molar-refractivity contribution in [2.24, 2.45) is 7.05 Å². The van der Waals surface area contributed by atoms with Crippen LogP contribution in [0.2, 0.25) is 18.1 Å². The van der Waals surface area contributed by atoms with Crippen molar-refractivity contribution in [2.75, 3.05) is 0 Å². The molecular formula is C17H26N4O2Si. The van der Waals surface area contributed by atoms with Gasteiger partial charge in [0.25, 0.3) is 5.56 Å². The first-order chi connectivity index (χ1) is 11.0. The van der Waals surface area contributed by atoms with Crippen LogP contribution in [0, 0.1) is 0 Å². The van der Waals surface area contributed by atoms with Gasteiger partial charge in [-0.2, -0.15) is 5.10 Å². The highest BCUT2D eigenvalue weighted by Crippen LogP contribution is 2.40. The Morgan fingerprint density at radius 1 is 1.17 bits per heavy atom. The quantitative estimate of drug-likeness (QED) is 0.794. The fourth-order valence-electron chi connectivity index (χ4n) is 2.15. The third-order valence-electron chi connectivity index (χ3n) is 4.59. The van der Waals surface area contributed by atoms with Gasteiger partial charge in [-0.05, 0) is 31.1 Å². The zero-order valence-corrected chi connectivity index (χ0v) is 16.5. The molecule has 2 aromatic heterocycles. The van der Waals surface area contributed by atoms with E-state index in [0.717, 1.165) is 5.69 Å². The molecule has 1 unspecified atom stereocenters. The van der Waals surface area contributed by atoms with E-state index in [1.165, 1.54) is 10.7 Å². The van der Waals surface area contributed by atoms with Gasteiger partial charge in [0.15, 0.2) is 8.32 Å². The summed E-state index contributed by atoms with van der Waals surface area (Å²) in [4.78, 5) is 20.5. The van der Waals surface area contributed by atoms with Crippen molar-refractivity contribution in [2.45, 2.75) is 51.9 Å². The molecule has 2 rings (SSSR count). The lowest BCUT2D eigenvalue weighted by Crippen LogP contribution is -2.41. The molecule has 0 aliphatic rings. The van der Waals surface area contributed by atoms with Crippen LogP contribution in [0.4, 0.5) is 0 Å². The first kappa shape index (κ1) is 18.5. The predicted molar refractivity (Wildman–Crippen MR) is 97.2 cm³/mol. The van der Waals surface area contributed by atoms with E-state index in [-0.39, 0.29) is 16.7 Å². The molecule has 7 heteroatoms. The maximum Gasteiger partial charge on any atom is 0.266 e. The molecule has 6 nitrogen and oxygen atoms in total. The third-order valence-corrected chi connectivity index (χ3v) is 9.15. The molecule has 130 valence electrons. The first-order valence-corrected chi connectivity index (χ1v) is 11.0. The van der Waals surface area contributed by atoms with Gasteiger partial charge in [0.05, 0.1) is 11.8 Å². The highest BCUT2D eigenvalue weighted by atomic mass is 28.4.